The Bertz CT molecular complexity index is 558. The molecule has 1 aliphatic rings. The van der Waals surface area contributed by atoms with E-state index in [1.807, 2.05) is 13.8 Å². The molecule has 1 saturated heterocycles. The minimum Gasteiger partial charge on any atom is -0.305 e. The van der Waals surface area contributed by atoms with Gasteiger partial charge < -0.3 is 4.90 Å². The smallest absolute Gasteiger partial charge is 0.305 e. The number of nitrogens with one attached hydrogen (secondary N) is 1. The third-order valence-electron chi connectivity index (χ3n) is 3.93. The largest absolute Gasteiger partial charge is 0.325 e. The van der Waals surface area contributed by atoms with Crippen LogP contribution in [0.15, 0.2) is 18.2 Å². The van der Waals surface area contributed by atoms with E-state index >= 15 is 0 Å². The lowest BCUT2D eigenvalue weighted by molar-refractivity contribution is -0.127. The van der Waals surface area contributed by atoms with Crippen molar-refractivity contribution in [3.05, 3.63) is 34.6 Å². The Morgan fingerprint density at radius 1 is 1.30 bits per heavy atom. The van der Waals surface area contributed by atoms with Gasteiger partial charge >= 0.3 is 6.03 Å². The fourth-order valence-electron chi connectivity index (χ4n) is 2.61. The van der Waals surface area contributed by atoms with Crippen molar-refractivity contribution in [2.45, 2.75) is 38.8 Å². The molecule has 0 radical (unpaired) electrons. The molecule has 0 bridgehead atoms. The van der Waals surface area contributed by atoms with Crippen LogP contribution < -0.4 is 5.32 Å². The average molecular weight is 299 g/mol. The number of carbonyl (C=O) groups is 2. The summed E-state index contributed by atoms with van der Waals surface area (Å²) in [6.07, 6.45) is 0.951. The first-order valence-corrected chi connectivity index (χ1v) is 6.90. The van der Waals surface area contributed by atoms with Crippen LogP contribution in [-0.2, 0) is 11.3 Å². The number of amides is 3. The molecule has 1 fully saturated rings. The quantitative estimate of drug-likeness (QED) is 0.868. The van der Waals surface area contributed by atoms with E-state index in [-0.39, 0.29) is 17.5 Å². The maximum absolute atomic E-state index is 14.0. The summed E-state index contributed by atoms with van der Waals surface area (Å²) in [5.74, 6) is -0.877. The number of rotatable bonds is 4. The second kappa shape index (κ2) is 5.40. The monoisotopic (exact) mass is 298 g/mol. The molecule has 1 aromatic carbocycles. The van der Waals surface area contributed by atoms with Crippen molar-refractivity contribution in [3.8, 4) is 0 Å². The Morgan fingerprint density at radius 3 is 2.55 bits per heavy atom. The second-order valence-corrected chi connectivity index (χ2v) is 5.20. The molecule has 0 atom stereocenters. The molecule has 3 amide bonds. The normalized spacial score (nSPS) is 17.5. The highest BCUT2D eigenvalue weighted by molar-refractivity contribution is 6.30. The predicted molar refractivity (Wildman–Crippen MR) is 73.8 cm³/mol. The van der Waals surface area contributed by atoms with Crippen LogP contribution in [0.1, 0.15) is 32.3 Å². The van der Waals surface area contributed by atoms with Crippen LogP contribution >= 0.6 is 11.6 Å². The minimum atomic E-state index is -0.911. The van der Waals surface area contributed by atoms with Crippen molar-refractivity contribution in [3.63, 3.8) is 0 Å². The lowest BCUT2D eigenvalue weighted by Crippen LogP contribution is -2.48. The molecular formula is C14H16ClFN2O2. The SMILES string of the molecule is CCC1(CC)C(=O)NC(=O)N1Cc1cccc(Cl)c1F. The topological polar surface area (TPSA) is 49.4 Å². The van der Waals surface area contributed by atoms with E-state index in [4.69, 9.17) is 11.6 Å². The fourth-order valence-corrected chi connectivity index (χ4v) is 2.81. The van der Waals surface area contributed by atoms with Crippen molar-refractivity contribution in [2.75, 3.05) is 0 Å². The Balaban J connectivity index is 2.38. The summed E-state index contributed by atoms with van der Waals surface area (Å²) in [5.41, 5.74) is -0.611. The first-order valence-electron chi connectivity index (χ1n) is 6.52. The predicted octanol–water partition coefficient (Wildman–Crippen LogP) is 3.09. The van der Waals surface area contributed by atoms with E-state index in [0.717, 1.165) is 0 Å². The summed E-state index contributed by atoms with van der Waals surface area (Å²) in [4.78, 5) is 25.4. The number of hydrogen-bond acceptors (Lipinski definition) is 2. The summed E-state index contributed by atoms with van der Waals surface area (Å²) >= 11 is 5.74. The van der Waals surface area contributed by atoms with Crippen LogP contribution in [-0.4, -0.2) is 22.4 Å². The molecule has 0 aliphatic carbocycles. The number of benzene rings is 1. The molecule has 4 nitrogen and oxygen atoms in total. The Labute approximate surface area is 121 Å². The van der Waals surface area contributed by atoms with E-state index in [1.165, 1.54) is 11.0 Å². The standard InChI is InChI=1S/C14H16ClFN2O2/c1-3-14(4-2)12(19)17-13(20)18(14)8-9-6-5-7-10(15)11(9)16/h5-7H,3-4,8H2,1-2H3,(H,17,19,20). The van der Waals surface area contributed by atoms with Gasteiger partial charge in [-0.05, 0) is 18.9 Å². The van der Waals surface area contributed by atoms with Gasteiger partial charge in [-0.25, -0.2) is 9.18 Å². The van der Waals surface area contributed by atoms with Crippen molar-refractivity contribution in [1.82, 2.24) is 10.2 Å². The van der Waals surface area contributed by atoms with Gasteiger partial charge in [-0.1, -0.05) is 37.6 Å². The highest BCUT2D eigenvalue weighted by atomic mass is 35.5. The maximum Gasteiger partial charge on any atom is 0.325 e. The number of hydrogen-bond donors (Lipinski definition) is 1. The zero-order valence-electron chi connectivity index (χ0n) is 11.4. The van der Waals surface area contributed by atoms with Crippen LogP contribution in [0.2, 0.25) is 5.02 Å². The van der Waals surface area contributed by atoms with Crippen molar-refractivity contribution in [2.24, 2.45) is 0 Å². The number of nitrogens with zero attached hydrogens (tertiary/aromatic N) is 1. The van der Waals surface area contributed by atoms with Gasteiger partial charge in [0, 0.05) is 5.56 Å². The molecule has 6 heteroatoms. The van der Waals surface area contributed by atoms with Gasteiger partial charge in [-0.3, -0.25) is 10.1 Å². The fraction of sp³-hybridized carbons (Fsp3) is 0.429. The molecular weight excluding hydrogens is 283 g/mol. The number of carbonyl (C=O) groups excluding carboxylic acids is 2. The van der Waals surface area contributed by atoms with E-state index in [1.54, 1.807) is 12.1 Å². The van der Waals surface area contributed by atoms with E-state index in [9.17, 15) is 14.0 Å². The van der Waals surface area contributed by atoms with Crippen LogP contribution in [0.4, 0.5) is 9.18 Å². The summed E-state index contributed by atoms with van der Waals surface area (Å²) in [6, 6.07) is 4.14. The van der Waals surface area contributed by atoms with Crippen LogP contribution in [0.3, 0.4) is 0 Å². The molecule has 1 heterocycles. The molecule has 0 saturated carbocycles. The van der Waals surface area contributed by atoms with Crippen molar-refractivity contribution in [1.29, 1.82) is 0 Å². The van der Waals surface area contributed by atoms with Gasteiger partial charge in [0.1, 0.15) is 11.4 Å². The molecule has 0 aromatic heterocycles. The van der Waals surface area contributed by atoms with Gasteiger partial charge in [0.2, 0.25) is 0 Å². The number of imide groups is 1. The number of urea groups is 1. The molecule has 0 spiro atoms. The first-order chi connectivity index (χ1) is 9.46. The van der Waals surface area contributed by atoms with Crippen LogP contribution in [0.5, 0.6) is 0 Å². The zero-order chi connectivity index (χ0) is 14.9. The zero-order valence-corrected chi connectivity index (χ0v) is 12.1. The van der Waals surface area contributed by atoms with E-state index < -0.39 is 17.4 Å². The van der Waals surface area contributed by atoms with Crippen LogP contribution in [0, 0.1) is 5.82 Å². The molecule has 1 aliphatic heterocycles. The molecule has 20 heavy (non-hydrogen) atoms. The first kappa shape index (κ1) is 14.8. The Morgan fingerprint density at radius 2 is 1.95 bits per heavy atom. The summed E-state index contributed by atoms with van der Waals surface area (Å²) < 4.78 is 14.0. The van der Waals surface area contributed by atoms with Gasteiger partial charge in [-0.2, -0.15) is 0 Å². The summed E-state index contributed by atoms with van der Waals surface area (Å²) in [6.45, 7) is 3.69. The highest BCUT2D eigenvalue weighted by Crippen LogP contribution is 2.31. The van der Waals surface area contributed by atoms with E-state index in [0.29, 0.717) is 18.4 Å². The lowest BCUT2D eigenvalue weighted by atomic mass is 9.91. The van der Waals surface area contributed by atoms with Gasteiger partial charge in [0.05, 0.1) is 11.6 Å². The van der Waals surface area contributed by atoms with E-state index in [2.05, 4.69) is 5.32 Å². The molecule has 1 aromatic rings. The molecule has 0 unspecified atom stereocenters. The van der Waals surface area contributed by atoms with Gasteiger partial charge in [0.25, 0.3) is 5.91 Å². The summed E-state index contributed by atoms with van der Waals surface area (Å²) in [7, 11) is 0. The van der Waals surface area contributed by atoms with Crippen LogP contribution in [0.25, 0.3) is 0 Å². The van der Waals surface area contributed by atoms with Gasteiger partial charge in [0.15, 0.2) is 0 Å². The lowest BCUT2D eigenvalue weighted by Gasteiger charge is -2.33. The highest BCUT2D eigenvalue weighted by Gasteiger charge is 2.50. The average Bonchev–Trinajstić information content (AvgIpc) is 2.66. The van der Waals surface area contributed by atoms with Crippen molar-refractivity contribution < 1.29 is 14.0 Å². The Hall–Kier alpha value is -1.62. The number of halogens is 2. The third kappa shape index (κ3) is 2.16. The third-order valence-corrected chi connectivity index (χ3v) is 4.23. The Kier molecular flexibility index (Phi) is 3.99. The maximum atomic E-state index is 14.0. The second-order valence-electron chi connectivity index (χ2n) is 4.80. The molecule has 108 valence electrons. The van der Waals surface area contributed by atoms with Crippen molar-refractivity contribution >= 4 is 23.5 Å². The minimum absolute atomic E-state index is 0.00651. The summed E-state index contributed by atoms with van der Waals surface area (Å²) in [5, 5.41) is 2.31. The molecule has 1 N–H and O–H groups in total. The van der Waals surface area contributed by atoms with Gasteiger partial charge in [-0.15, -0.1) is 0 Å². The molecule has 2 rings (SSSR count).